The van der Waals surface area contributed by atoms with Gasteiger partial charge in [0.05, 0.1) is 24.5 Å². The van der Waals surface area contributed by atoms with Gasteiger partial charge in [0.1, 0.15) is 11.1 Å². The summed E-state index contributed by atoms with van der Waals surface area (Å²) in [6, 6.07) is 15.4. The minimum atomic E-state index is -0.970. The molecule has 4 rings (SSSR count). The van der Waals surface area contributed by atoms with E-state index in [1.165, 1.54) is 30.7 Å². The highest BCUT2D eigenvalue weighted by Gasteiger charge is 2.23. The molecule has 2 N–H and O–H groups in total. The van der Waals surface area contributed by atoms with Gasteiger partial charge >= 0.3 is 17.8 Å². The van der Waals surface area contributed by atoms with Crippen LogP contribution in [0.15, 0.2) is 53.6 Å². The van der Waals surface area contributed by atoms with Crippen molar-refractivity contribution < 1.29 is 23.9 Å². The molecule has 0 bridgehead atoms. The van der Waals surface area contributed by atoms with Crippen molar-refractivity contribution in [1.82, 2.24) is 5.43 Å². The molecule has 0 spiro atoms. The molecule has 0 saturated carbocycles. The van der Waals surface area contributed by atoms with Gasteiger partial charge in [0.2, 0.25) is 0 Å². The lowest BCUT2D eigenvalue weighted by Crippen LogP contribution is -2.32. The van der Waals surface area contributed by atoms with E-state index < -0.39 is 17.8 Å². The van der Waals surface area contributed by atoms with E-state index in [4.69, 9.17) is 9.47 Å². The van der Waals surface area contributed by atoms with Gasteiger partial charge in [-0.2, -0.15) is 10.4 Å². The predicted octanol–water partition coefficient (Wildman–Crippen LogP) is 3.82. The number of carbonyl (C=O) groups is 3. The average Bonchev–Trinajstić information content (AvgIpc) is 3.26. The van der Waals surface area contributed by atoms with Crippen molar-refractivity contribution in [2.24, 2.45) is 5.10 Å². The van der Waals surface area contributed by atoms with Crippen LogP contribution >= 0.6 is 11.3 Å². The zero-order valence-corrected chi connectivity index (χ0v) is 20.2. The Balaban J connectivity index is 1.37. The summed E-state index contributed by atoms with van der Waals surface area (Å²) in [5, 5.41) is 16.2. The van der Waals surface area contributed by atoms with Gasteiger partial charge in [0.15, 0.2) is 11.5 Å². The highest BCUT2D eigenvalue weighted by atomic mass is 32.1. The standard InChI is InChI=1S/C26H22N4O5S/c1-34-21-13-16(11-12-20(21)35-26(33)17-7-3-2-4-8-17)15-28-30-24(32)23(31)29-25-19(14-27)18-9-5-6-10-22(18)36-25/h2-4,7-8,11-13,15H,5-6,9-10H2,1H3,(H,29,31)(H,30,32). The van der Waals surface area contributed by atoms with Crippen LogP contribution in [-0.4, -0.2) is 31.1 Å². The molecule has 0 fully saturated rings. The molecule has 1 aromatic heterocycles. The Bertz CT molecular complexity index is 1370. The Labute approximate surface area is 211 Å². The first-order chi connectivity index (χ1) is 17.5. The molecule has 36 heavy (non-hydrogen) atoms. The number of nitrogens with zero attached hydrogens (tertiary/aromatic N) is 2. The fraction of sp³-hybridized carbons (Fsp3) is 0.192. The number of anilines is 1. The van der Waals surface area contributed by atoms with Crippen molar-refractivity contribution in [3.05, 3.63) is 75.7 Å². The number of esters is 1. The van der Waals surface area contributed by atoms with Gasteiger partial charge in [-0.05, 0) is 67.1 Å². The summed E-state index contributed by atoms with van der Waals surface area (Å²) in [6.07, 6.45) is 5.04. The summed E-state index contributed by atoms with van der Waals surface area (Å²) in [5.41, 5.74) is 4.50. The number of carbonyl (C=O) groups excluding carboxylic acids is 3. The zero-order chi connectivity index (χ0) is 25.5. The fourth-order valence-corrected chi connectivity index (χ4v) is 4.96. The number of nitriles is 1. The SMILES string of the molecule is COc1cc(C=NNC(=O)C(=O)Nc2sc3c(c2C#N)CCCC3)ccc1OC(=O)c1ccccc1. The fourth-order valence-electron chi connectivity index (χ4n) is 3.73. The Morgan fingerprint density at radius 3 is 2.58 bits per heavy atom. The van der Waals surface area contributed by atoms with Gasteiger partial charge < -0.3 is 14.8 Å². The number of ether oxygens (including phenoxy) is 2. The number of aryl methyl sites for hydroxylation is 1. The summed E-state index contributed by atoms with van der Waals surface area (Å²) in [4.78, 5) is 37.9. The Morgan fingerprint density at radius 1 is 1.06 bits per heavy atom. The molecular weight excluding hydrogens is 480 g/mol. The van der Waals surface area contributed by atoms with Gasteiger partial charge in [0, 0.05) is 4.88 Å². The maximum absolute atomic E-state index is 12.3. The number of rotatable bonds is 6. The third-order valence-electron chi connectivity index (χ3n) is 5.50. The smallest absolute Gasteiger partial charge is 0.343 e. The number of benzene rings is 2. The molecule has 1 aliphatic carbocycles. The quantitative estimate of drug-likeness (QED) is 0.173. The van der Waals surface area contributed by atoms with Crippen LogP contribution in [0.25, 0.3) is 0 Å². The van der Waals surface area contributed by atoms with Gasteiger partial charge in [-0.1, -0.05) is 18.2 Å². The van der Waals surface area contributed by atoms with Crippen molar-refractivity contribution in [1.29, 1.82) is 5.26 Å². The van der Waals surface area contributed by atoms with Crippen LogP contribution in [0, 0.1) is 11.3 Å². The second-order valence-electron chi connectivity index (χ2n) is 7.85. The number of fused-ring (bicyclic) bond motifs is 1. The van der Waals surface area contributed by atoms with E-state index in [0.29, 0.717) is 21.7 Å². The lowest BCUT2D eigenvalue weighted by atomic mass is 9.96. The van der Waals surface area contributed by atoms with Crippen LogP contribution in [0.4, 0.5) is 5.00 Å². The molecule has 182 valence electrons. The summed E-state index contributed by atoms with van der Waals surface area (Å²) in [6.45, 7) is 0. The Morgan fingerprint density at radius 2 is 1.83 bits per heavy atom. The highest BCUT2D eigenvalue weighted by molar-refractivity contribution is 7.16. The van der Waals surface area contributed by atoms with E-state index in [1.807, 2.05) is 0 Å². The third-order valence-corrected chi connectivity index (χ3v) is 6.70. The first-order valence-corrected chi connectivity index (χ1v) is 12.0. The minimum absolute atomic E-state index is 0.221. The summed E-state index contributed by atoms with van der Waals surface area (Å²) < 4.78 is 10.7. The van der Waals surface area contributed by atoms with Gasteiger partial charge in [-0.3, -0.25) is 9.59 Å². The number of thiophene rings is 1. The summed E-state index contributed by atoms with van der Waals surface area (Å²) >= 11 is 1.34. The van der Waals surface area contributed by atoms with Gasteiger partial charge in [0.25, 0.3) is 0 Å². The number of amides is 2. The first-order valence-electron chi connectivity index (χ1n) is 11.1. The van der Waals surface area contributed by atoms with Crippen molar-refractivity contribution in [2.75, 3.05) is 12.4 Å². The molecule has 0 radical (unpaired) electrons. The average molecular weight is 503 g/mol. The number of hydrogen-bond donors (Lipinski definition) is 2. The van der Waals surface area contributed by atoms with Crippen LogP contribution < -0.4 is 20.2 Å². The van der Waals surface area contributed by atoms with Gasteiger partial charge in [-0.25, -0.2) is 10.2 Å². The van der Waals surface area contributed by atoms with E-state index in [2.05, 4.69) is 21.9 Å². The first kappa shape index (κ1) is 24.6. The van der Waals surface area contributed by atoms with Gasteiger partial charge in [-0.15, -0.1) is 11.3 Å². The molecule has 3 aromatic rings. The lowest BCUT2D eigenvalue weighted by Gasteiger charge is -2.10. The monoisotopic (exact) mass is 502 g/mol. The summed E-state index contributed by atoms with van der Waals surface area (Å²) in [5.74, 6) is -1.90. The van der Waals surface area contributed by atoms with Crippen LogP contribution in [0.1, 0.15) is 44.8 Å². The van der Waals surface area contributed by atoms with E-state index in [9.17, 15) is 19.6 Å². The normalized spacial score (nSPS) is 12.3. The van der Waals surface area contributed by atoms with Crippen LogP contribution in [0.5, 0.6) is 11.5 Å². The molecule has 1 heterocycles. The largest absolute Gasteiger partial charge is 0.493 e. The second-order valence-corrected chi connectivity index (χ2v) is 8.95. The zero-order valence-electron chi connectivity index (χ0n) is 19.4. The Kier molecular flexibility index (Phi) is 7.72. The second kappa shape index (κ2) is 11.3. The van der Waals surface area contributed by atoms with Crippen LogP contribution in [0.2, 0.25) is 0 Å². The molecular formula is C26H22N4O5S. The van der Waals surface area contributed by atoms with E-state index in [0.717, 1.165) is 36.1 Å². The molecule has 0 atom stereocenters. The predicted molar refractivity (Wildman–Crippen MR) is 134 cm³/mol. The number of hydrazone groups is 1. The lowest BCUT2D eigenvalue weighted by molar-refractivity contribution is -0.136. The molecule has 0 saturated heterocycles. The maximum Gasteiger partial charge on any atom is 0.343 e. The van der Waals surface area contributed by atoms with Crippen LogP contribution in [0.3, 0.4) is 0 Å². The molecule has 0 unspecified atom stereocenters. The number of methoxy groups -OCH3 is 1. The molecule has 2 amide bonds. The molecule has 2 aromatic carbocycles. The Hall–Kier alpha value is -4.49. The molecule has 9 nitrogen and oxygen atoms in total. The van der Waals surface area contributed by atoms with Crippen molar-refractivity contribution >= 4 is 40.3 Å². The molecule has 10 heteroatoms. The molecule has 0 aliphatic heterocycles. The van der Waals surface area contributed by atoms with E-state index >= 15 is 0 Å². The minimum Gasteiger partial charge on any atom is -0.493 e. The van der Waals surface area contributed by atoms with Crippen molar-refractivity contribution in [3.8, 4) is 17.6 Å². The van der Waals surface area contributed by atoms with Crippen molar-refractivity contribution in [2.45, 2.75) is 25.7 Å². The maximum atomic E-state index is 12.3. The summed E-state index contributed by atoms with van der Waals surface area (Å²) in [7, 11) is 1.43. The number of nitrogens with one attached hydrogen (secondary N) is 2. The van der Waals surface area contributed by atoms with E-state index in [-0.39, 0.29) is 11.5 Å². The molecule has 1 aliphatic rings. The number of hydrogen-bond acceptors (Lipinski definition) is 8. The topological polar surface area (TPSA) is 130 Å². The third kappa shape index (κ3) is 5.59. The van der Waals surface area contributed by atoms with Crippen LogP contribution in [-0.2, 0) is 22.4 Å². The van der Waals surface area contributed by atoms with Crippen molar-refractivity contribution in [3.63, 3.8) is 0 Å². The van der Waals surface area contributed by atoms with E-state index in [1.54, 1.807) is 42.5 Å². The highest BCUT2D eigenvalue weighted by Crippen LogP contribution is 2.37.